The summed E-state index contributed by atoms with van der Waals surface area (Å²) >= 11 is 0. The molecular weight excluding hydrogens is 362 g/mol. The third-order valence-corrected chi connectivity index (χ3v) is 6.50. The molecule has 2 amide bonds. The van der Waals surface area contributed by atoms with E-state index in [1.807, 2.05) is 61.5 Å². The molecule has 0 aromatic heterocycles. The monoisotopic (exact) mass is 391 g/mol. The van der Waals surface area contributed by atoms with Gasteiger partial charge in [0.2, 0.25) is 11.8 Å². The van der Waals surface area contributed by atoms with Gasteiger partial charge in [0.1, 0.15) is 0 Å². The lowest BCUT2D eigenvalue weighted by molar-refractivity contribution is -0.135. The topological polar surface area (TPSA) is 75.4 Å². The summed E-state index contributed by atoms with van der Waals surface area (Å²) < 4.78 is 0. The van der Waals surface area contributed by atoms with Crippen molar-refractivity contribution in [2.75, 3.05) is 16.8 Å². The molecule has 0 atom stereocenters. The maximum atomic E-state index is 12.7. The Morgan fingerprint density at radius 3 is 2.24 bits per heavy atom. The van der Waals surface area contributed by atoms with Gasteiger partial charge in [-0.25, -0.2) is 0 Å². The second kappa shape index (κ2) is 7.64. The van der Waals surface area contributed by atoms with Crippen molar-refractivity contribution in [1.82, 2.24) is 0 Å². The van der Waals surface area contributed by atoms with Gasteiger partial charge in [-0.1, -0.05) is 36.8 Å². The fourth-order valence-corrected chi connectivity index (χ4v) is 4.82. The number of amides is 2. The Hall–Kier alpha value is -2.66. The molecule has 2 aliphatic carbocycles. The summed E-state index contributed by atoms with van der Waals surface area (Å²) in [4.78, 5) is 27.1. The molecule has 0 bridgehead atoms. The number of likely N-dealkylation sites (N-methyl/N-ethyl adjacent to an activating group) is 1. The third-order valence-electron chi connectivity index (χ3n) is 6.50. The molecular formula is C24H29N3O2. The number of carbonyl (C=O) groups is 2. The predicted molar refractivity (Wildman–Crippen MR) is 116 cm³/mol. The fourth-order valence-electron chi connectivity index (χ4n) is 4.82. The molecule has 2 saturated carbocycles. The van der Waals surface area contributed by atoms with E-state index < -0.39 is 5.54 Å². The zero-order valence-corrected chi connectivity index (χ0v) is 17.0. The third kappa shape index (κ3) is 3.92. The Balaban J connectivity index is 1.34. The lowest BCUT2D eigenvalue weighted by atomic mass is 9.48. The molecule has 3 N–H and O–H groups in total. The van der Waals surface area contributed by atoms with E-state index in [9.17, 15) is 9.59 Å². The van der Waals surface area contributed by atoms with Crippen LogP contribution in [0, 0.1) is 5.41 Å². The highest BCUT2D eigenvalue weighted by Crippen LogP contribution is 2.59. The van der Waals surface area contributed by atoms with Crippen molar-refractivity contribution in [3.05, 3.63) is 60.2 Å². The molecule has 4 rings (SSSR count). The van der Waals surface area contributed by atoms with Crippen molar-refractivity contribution in [3.8, 4) is 0 Å². The number of rotatable bonds is 6. The van der Waals surface area contributed by atoms with Crippen LogP contribution in [-0.2, 0) is 16.0 Å². The summed E-state index contributed by atoms with van der Waals surface area (Å²) in [5, 5.41) is 2.95. The van der Waals surface area contributed by atoms with Gasteiger partial charge in [-0.3, -0.25) is 9.59 Å². The van der Waals surface area contributed by atoms with Gasteiger partial charge in [0, 0.05) is 17.9 Å². The number of anilines is 2. The predicted octanol–water partition coefficient (Wildman–Crippen LogP) is 3.88. The Morgan fingerprint density at radius 1 is 1.03 bits per heavy atom. The molecule has 5 nitrogen and oxygen atoms in total. The van der Waals surface area contributed by atoms with Crippen molar-refractivity contribution in [2.24, 2.45) is 11.1 Å². The summed E-state index contributed by atoms with van der Waals surface area (Å²) in [6.45, 7) is 2.59. The van der Waals surface area contributed by atoms with Crippen LogP contribution in [0.4, 0.5) is 11.4 Å². The van der Waals surface area contributed by atoms with E-state index in [2.05, 4.69) is 5.32 Å². The smallest absolute Gasteiger partial charge is 0.244 e. The summed E-state index contributed by atoms with van der Waals surface area (Å²) in [5.41, 5.74) is 8.48. The molecule has 29 heavy (non-hydrogen) atoms. The standard InChI is InChI=1S/C24H29N3O2/c1-2-27(20-7-4-3-5-8-20)21(28)15-18-9-11-19(12-10-18)26-22(29)24(25)16-23(17-24)13-6-14-23/h3-5,7-12H,2,6,13-17,25H2,1H3,(H,26,29). The van der Waals surface area contributed by atoms with E-state index in [1.54, 1.807) is 4.90 Å². The van der Waals surface area contributed by atoms with Crippen LogP contribution in [0.1, 0.15) is 44.6 Å². The van der Waals surface area contributed by atoms with E-state index in [4.69, 9.17) is 5.73 Å². The average molecular weight is 392 g/mol. The van der Waals surface area contributed by atoms with Gasteiger partial charge < -0.3 is 16.0 Å². The molecule has 2 aromatic rings. The largest absolute Gasteiger partial charge is 0.324 e. The van der Waals surface area contributed by atoms with Crippen LogP contribution in [-0.4, -0.2) is 23.9 Å². The number of nitrogens with zero attached hydrogens (tertiary/aromatic N) is 1. The second-order valence-electron chi connectivity index (χ2n) is 8.66. The van der Waals surface area contributed by atoms with Gasteiger partial charge in [0.25, 0.3) is 0 Å². The molecule has 1 spiro atoms. The second-order valence-corrected chi connectivity index (χ2v) is 8.66. The quantitative estimate of drug-likeness (QED) is 0.785. The van der Waals surface area contributed by atoms with Gasteiger partial charge in [0.15, 0.2) is 0 Å². The minimum atomic E-state index is -0.730. The summed E-state index contributed by atoms with van der Waals surface area (Å²) in [6, 6.07) is 17.2. The maximum Gasteiger partial charge on any atom is 0.244 e. The molecule has 0 saturated heterocycles. The van der Waals surface area contributed by atoms with E-state index in [0.717, 1.165) is 29.8 Å². The van der Waals surface area contributed by atoms with Gasteiger partial charge in [-0.15, -0.1) is 0 Å². The Labute approximate surface area is 172 Å². The lowest BCUT2D eigenvalue weighted by Crippen LogP contribution is -2.66. The minimum Gasteiger partial charge on any atom is -0.324 e. The highest BCUT2D eigenvalue weighted by Gasteiger charge is 2.58. The van der Waals surface area contributed by atoms with Crippen LogP contribution in [0.5, 0.6) is 0 Å². The number of hydrogen-bond acceptors (Lipinski definition) is 3. The first-order chi connectivity index (χ1) is 13.9. The van der Waals surface area contributed by atoms with Crippen molar-refractivity contribution < 1.29 is 9.59 Å². The molecule has 0 radical (unpaired) electrons. The summed E-state index contributed by atoms with van der Waals surface area (Å²) in [5.74, 6) is -0.0447. The van der Waals surface area contributed by atoms with Crippen LogP contribution in [0.3, 0.4) is 0 Å². The Kier molecular flexibility index (Phi) is 5.17. The first kappa shape index (κ1) is 19.6. The van der Waals surface area contributed by atoms with Crippen molar-refractivity contribution in [3.63, 3.8) is 0 Å². The summed E-state index contributed by atoms with van der Waals surface area (Å²) in [6.07, 6.45) is 5.59. The summed E-state index contributed by atoms with van der Waals surface area (Å²) in [7, 11) is 0. The van der Waals surface area contributed by atoms with Crippen molar-refractivity contribution in [1.29, 1.82) is 0 Å². The van der Waals surface area contributed by atoms with Crippen LogP contribution < -0.4 is 16.0 Å². The van der Waals surface area contributed by atoms with E-state index in [0.29, 0.717) is 18.4 Å². The molecule has 0 aliphatic heterocycles. The molecule has 0 unspecified atom stereocenters. The first-order valence-electron chi connectivity index (χ1n) is 10.5. The first-order valence-corrected chi connectivity index (χ1v) is 10.5. The minimum absolute atomic E-state index is 0.0525. The molecule has 5 heteroatoms. The highest BCUT2D eigenvalue weighted by atomic mass is 16.2. The number of carbonyl (C=O) groups excluding carboxylic acids is 2. The zero-order chi connectivity index (χ0) is 20.5. The average Bonchev–Trinajstić information content (AvgIpc) is 2.67. The number of para-hydroxylation sites is 1. The van der Waals surface area contributed by atoms with Gasteiger partial charge in [-0.2, -0.15) is 0 Å². The Bertz CT molecular complexity index is 880. The van der Waals surface area contributed by atoms with Crippen molar-refractivity contribution in [2.45, 2.75) is 51.0 Å². The van der Waals surface area contributed by atoms with Gasteiger partial charge in [-0.05, 0) is 67.9 Å². The normalized spacial score (nSPS) is 18.4. The zero-order valence-electron chi connectivity index (χ0n) is 17.0. The van der Waals surface area contributed by atoms with Gasteiger partial charge >= 0.3 is 0 Å². The van der Waals surface area contributed by atoms with Crippen LogP contribution in [0.15, 0.2) is 54.6 Å². The number of benzene rings is 2. The molecule has 0 heterocycles. The molecule has 2 fully saturated rings. The lowest BCUT2D eigenvalue weighted by Gasteiger charge is -2.58. The van der Waals surface area contributed by atoms with E-state index >= 15 is 0 Å². The van der Waals surface area contributed by atoms with E-state index in [1.165, 1.54) is 19.3 Å². The number of nitrogens with one attached hydrogen (secondary N) is 1. The van der Waals surface area contributed by atoms with Crippen LogP contribution >= 0.6 is 0 Å². The van der Waals surface area contributed by atoms with Crippen molar-refractivity contribution >= 4 is 23.2 Å². The molecule has 2 aliphatic rings. The fraction of sp³-hybridized carbons (Fsp3) is 0.417. The Morgan fingerprint density at radius 2 is 1.69 bits per heavy atom. The van der Waals surface area contributed by atoms with Gasteiger partial charge in [0.05, 0.1) is 12.0 Å². The SMILES string of the molecule is CCN(C(=O)Cc1ccc(NC(=O)C2(N)CC3(CCC3)C2)cc1)c1ccccc1. The number of hydrogen-bond donors (Lipinski definition) is 2. The van der Waals surface area contributed by atoms with Crippen LogP contribution in [0.2, 0.25) is 0 Å². The highest BCUT2D eigenvalue weighted by molar-refractivity contribution is 5.99. The van der Waals surface area contributed by atoms with E-state index in [-0.39, 0.29) is 11.8 Å². The molecule has 2 aromatic carbocycles. The van der Waals surface area contributed by atoms with Crippen LogP contribution in [0.25, 0.3) is 0 Å². The number of nitrogens with two attached hydrogens (primary N) is 1. The maximum absolute atomic E-state index is 12.7. The molecule has 152 valence electrons.